The van der Waals surface area contributed by atoms with Gasteiger partial charge in [0.25, 0.3) is 0 Å². The molecule has 1 rings (SSSR count). The third kappa shape index (κ3) is 2.81. The monoisotopic (exact) mass is 299 g/mol. The van der Waals surface area contributed by atoms with Crippen LogP contribution in [0, 0.1) is 20.8 Å². The highest BCUT2D eigenvalue weighted by Crippen LogP contribution is 2.16. The van der Waals surface area contributed by atoms with Gasteiger partial charge in [0.05, 0.1) is 11.6 Å². The smallest absolute Gasteiger partial charge is 0.123 e. The Morgan fingerprint density at radius 1 is 1.64 bits per heavy atom. The Morgan fingerprint density at radius 3 is 2.93 bits per heavy atom. The van der Waals surface area contributed by atoms with Gasteiger partial charge in [0, 0.05) is 9.49 Å². The van der Waals surface area contributed by atoms with Gasteiger partial charge in [-0.25, -0.2) is 0 Å². The highest BCUT2D eigenvalue weighted by Gasteiger charge is 2.06. The normalized spacial score (nSPS) is 11.8. The zero-order valence-electron chi connectivity index (χ0n) is 7.83. The molecule has 0 saturated heterocycles. The van der Waals surface area contributed by atoms with Crippen LogP contribution in [0.25, 0.3) is 0 Å². The van der Waals surface area contributed by atoms with Crippen LogP contribution < -0.4 is 0 Å². The van der Waals surface area contributed by atoms with Crippen molar-refractivity contribution in [3.8, 4) is 6.07 Å². The van der Waals surface area contributed by atoms with E-state index in [0.717, 1.165) is 15.4 Å². The summed E-state index contributed by atoms with van der Waals surface area (Å²) in [6.07, 6.45) is 1.56. The molecule has 3 heteroatoms. The number of rotatable bonds is 3. The molecule has 0 fully saturated rings. The van der Waals surface area contributed by atoms with Crippen LogP contribution in [0.15, 0.2) is 18.2 Å². The van der Waals surface area contributed by atoms with Crippen LogP contribution in [0.1, 0.15) is 18.1 Å². The van der Waals surface area contributed by atoms with Crippen LogP contribution >= 0.6 is 22.6 Å². The summed E-state index contributed by atoms with van der Waals surface area (Å²) in [6.45, 7) is 1.85. The van der Waals surface area contributed by atoms with Crippen molar-refractivity contribution in [3.05, 3.63) is 32.9 Å². The Bertz CT molecular complexity index is 381. The van der Waals surface area contributed by atoms with Gasteiger partial charge in [-0.3, -0.25) is 0 Å². The summed E-state index contributed by atoms with van der Waals surface area (Å²) in [4.78, 5) is 10.5. The molecule has 0 heterocycles. The Balaban J connectivity index is 2.98. The maximum atomic E-state index is 10.5. The molecule has 1 aromatic carbocycles. The molecule has 1 unspecified atom stereocenters. The standard InChI is InChI=1S/C11H10INO/c1-8(7-14)4-9-2-3-11(12)5-10(9)6-13/h2-3,5,7-8H,4H2,1H3. The fourth-order valence-electron chi connectivity index (χ4n) is 1.23. The average Bonchev–Trinajstić information content (AvgIpc) is 2.20. The maximum absolute atomic E-state index is 10.5. The summed E-state index contributed by atoms with van der Waals surface area (Å²) in [5.41, 5.74) is 1.62. The Morgan fingerprint density at radius 2 is 2.36 bits per heavy atom. The highest BCUT2D eigenvalue weighted by atomic mass is 127. The number of nitrogens with zero attached hydrogens (tertiary/aromatic N) is 1. The number of hydrogen-bond donors (Lipinski definition) is 0. The van der Waals surface area contributed by atoms with Gasteiger partial charge in [0.2, 0.25) is 0 Å². The van der Waals surface area contributed by atoms with Gasteiger partial charge >= 0.3 is 0 Å². The van der Waals surface area contributed by atoms with Gasteiger partial charge in [0.15, 0.2) is 0 Å². The molecule has 0 spiro atoms. The van der Waals surface area contributed by atoms with E-state index in [9.17, 15) is 4.79 Å². The number of carbonyl (C=O) groups is 1. The predicted octanol–water partition coefficient (Wildman–Crippen LogP) is 2.54. The molecule has 72 valence electrons. The first-order chi connectivity index (χ1) is 6.67. The average molecular weight is 299 g/mol. The number of benzene rings is 1. The first-order valence-corrected chi connectivity index (χ1v) is 5.39. The van der Waals surface area contributed by atoms with E-state index < -0.39 is 0 Å². The van der Waals surface area contributed by atoms with Crippen molar-refractivity contribution in [3.63, 3.8) is 0 Å². The number of carbonyl (C=O) groups excluding carboxylic acids is 1. The van der Waals surface area contributed by atoms with Gasteiger partial charge in [0.1, 0.15) is 6.29 Å². The fourth-order valence-corrected chi connectivity index (χ4v) is 1.72. The van der Waals surface area contributed by atoms with Gasteiger partial charge < -0.3 is 4.79 Å². The zero-order chi connectivity index (χ0) is 10.6. The lowest BCUT2D eigenvalue weighted by Gasteiger charge is -2.06. The summed E-state index contributed by atoms with van der Waals surface area (Å²) < 4.78 is 1.04. The fraction of sp³-hybridized carbons (Fsp3) is 0.273. The minimum atomic E-state index is -0.0258. The van der Waals surface area contributed by atoms with Crippen LogP contribution in [-0.4, -0.2) is 6.29 Å². The second-order valence-electron chi connectivity index (χ2n) is 3.23. The van der Waals surface area contributed by atoms with Gasteiger partial charge in [-0.1, -0.05) is 13.0 Å². The summed E-state index contributed by atoms with van der Waals surface area (Å²) in [7, 11) is 0. The van der Waals surface area contributed by atoms with Crippen molar-refractivity contribution in [1.29, 1.82) is 5.26 Å². The summed E-state index contributed by atoms with van der Waals surface area (Å²) in [6, 6.07) is 7.86. The Labute approximate surface area is 97.1 Å². The predicted molar refractivity (Wildman–Crippen MR) is 62.8 cm³/mol. The molecule has 1 atom stereocenters. The van der Waals surface area contributed by atoms with E-state index >= 15 is 0 Å². The molecular formula is C11H10INO. The van der Waals surface area contributed by atoms with E-state index in [1.54, 1.807) is 0 Å². The topological polar surface area (TPSA) is 40.9 Å². The third-order valence-corrected chi connectivity index (χ3v) is 2.64. The van der Waals surface area contributed by atoms with Crippen molar-refractivity contribution in [1.82, 2.24) is 0 Å². The summed E-state index contributed by atoms with van der Waals surface area (Å²) in [5.74, 6) is -0.0258. The highest BCUT2D eigenvalue weighted by molar-refractivity contribution is 14.1. The molecule has 0 aliphatic rings. The van der Waals surface area contributed by atoms with E-state index in [4.69, 9.17) is 5.26 Å². The van der Waals surface area contributed by atoms with Crippen LogP contribution in [0.4, 0.5) is 0 Å². The van der Waals surface area contributed by atoms with Crippen molar-refractivity contribution in [2.75, 3.05) is 0 Å². The number of aldehydes is 1. The van der Waals surface area contributed by atoms with Gasteiger partial charge in [-0.2, -0.15) is 5.26 Å². The molecule has 0 saturated carbocycles. The largest absolute Gasteiger partial charge is 0.303 e. The van der Waals surface area contributed by atoms with Crippen LogP contribution in [0.5, 0.6) is 0 Å². The van der Waals surface area contributed by atoms with Gasteiger partial charge in [-0.05, 0) is 46.7 Å². The van der Waals surface area contributed by atoms with Crippen molar-refractivity contribution < 1.29 is 4.79 Å². The molecule has 0 aromatic heterocycles. The lowest BCUT2D eigenvalue weighted by atomic mass is 9.98. The van der Waals surface area contributed by atoms with E-state index in [1.807, 2.05) is 25.1 Å². The first-order valence-electron chi connectivity index (χ1n) is 4.31. The van der Waals surface area contributed by atoms with E-state index in [2.05, 4.69) is 28.7 Å². The molecule has 0 aliphatic heterocycles. The van der Waals surface area contributed by atoms with Crippen LogP contribution in [0.2, 0.25) is 0 Å². The lowest BCUT2D eigenvalue weighted by molar-refractivity contribution is -0.110. The third-order valence-electron chi connectivity index (χ3n) is 1.97. The Hall–Kier alpha value is -0.890. The molecule has 2 nitrogen and oxygen atoms in total. The van der Waals surface area contributed by atoms with Gasteiger partial charge in [-0.15, -0.1) is 0 Å². The molecule has 1 aromatic rings. The van der Waals surface area contributed by atoms with Crippen LogP contribution in [0.3, 0.4) is 0 Å². The molecule has 0 amide bonds. The second kappa shape index (κ2) is 5.11. The molecule has 14 heavy (non-hydrogen) atoms. The van der Waals surface area contributed by atoms with Crippen molar-refractivity contribution in [2.45, 2.75) is 13.3 Å². The van der Waals surface area contributed by atoms with Crippen molar-refractivity contribution >= 4 is 28.9 Å². The quantitative estimate of drug-likeness (QED) is 0.635. The summed E-state index contributed by atoms with van der Waals surface area (Å²) >= 11 is 2.17. The lowest BCUT2D eigenvalue weighted by Crippen LogP contribution is -2.02. The van der Waals surface area contributed by atoms with Crippen LogP contribution in [-0.2, 0) is 11.2 Å². The summed E-state index contributed by atoms with van der Waals surface area (Å²) in [5, 5.41) is 8.89. The first kappa shape index (κ1) is 11.2. The molecule has 0 N–H and O–H groups in total. The molecule has 0 radical (unpaired) electrons. The van der Waals surface area contributed by atoms with E-state index in [0.29, 0.717) is 12.0 Å². The SMILES string of the molecule is CC(C=O)Cc1ccc(I)cc1C#N. The molecular weight excluding hydrogens is 289 g/mol. The Kier molecular flexibility index (Phi) is 4.08. The molecule has 0 bridgehead atoms. The van der Waals surface area contributed by atoms with E-state index in [1.165, 1.54) is 0 Å². The minimum absolute atomic E-state index is 0.0258. The maximum Gasteiger partial charge on any atom is 0.123 e. The molecule has 0 aliphatic carbocycles. The second-order valence-corrected chi connectivity index (χ2v) is 4.48. The number of halogens is 1. The zero-order valence-corrected chi connectivity index (χ0v) is 9.98. The number of hydrogen-bond acceptors (Lipinski definition) is 2. The van der Waals surface area contributed by atoms with Crippen molar-refractivity contribution in [2.24, 2.45) is 5.92 Å². The minimum Gasteiger partial charge on any atom is -0.303 e. The number of nitriles is 1. The van der Waals surface area contributed by atoms with E-state index in [-0.39, 0.29) is 5.92 Å².